The Bertz CT molecular complexity index is 758. The summed E-state index contributed by atoms with van der Waals surface area (Å²) in [6.45, 7) is -0.0658. The normalized spacial score (nSPS) is 22.9. The number of hydrogen-bond donors (Lipinski definition) is 1. The Kier molecular flexibility index (Phi) is 4.26. The average Bonchev–Trinajstić information content (AvgIpc) is 3.11. The minimum absolute atomic E-state index is 0.0379. The Hall–Kier alpha value is -2.62. The van der Waals surface area contributed by atoms with Crippen LogP contribution in [0.4, 0.5) is 5.69 Å². The number of aliphatic hydroxyl groups excluding tert-OH is 1. The minimum atomic E-state index is -0.738. The van der Waals surface area contributed by atoms with Crippen molar-refractivity contribution in [2.75, 3.05) is 11.7 Å². The molecule has 1 aliphatic rings. The Morgan fingerprint density at radius 1 is 0.840 bits per heavy atom. The van der Waals surface area contributed by atoms with Gasteiger partial charge in [-0.3, -0.25) is 4.84 Å². The largest absolute Gasteiger partial charge is 0.393 e. The van der Waals surface area contributed by atoms with Gasteiger partial charge in [0.15, 0.2) is 0 Å². The van der Waals surface area contributed by atoms with Crippen LogP contribution in [-0.4, -0.2) is 11.7 Å². The van der Waals surface area contributed by atoms with Gasteiger partial charge in [-0.2, -0.15) is 0 Å². The van der Waals surface area contributed by atoms with Crippen LogP contribution in [0.2, 0.25) is 0 Å². The third-order valence-corrected chi connectivity index (χ3v) is 4.83. The molecular formula is C22H21NO2. The Morgan fingerprint density at radius 3 is 2.00 bits per heavy atom. The van der Waals surface area contributed by atoms with E-state index in [1.807, 2.05) is 83.9 Å². The van der Waals surface area contributed by atoms with Crippen molar-refractivity contribution in [3.05, 3.63) is 102 Å². The van der Waals surface area contributed by atoms with Gasteiger partial charge in [-0.05, 0) is 23.3 Å². The molecule has 0 aliphatic carbocycles. The third-order valence-electron chi connectivity index (χ3n) is 4.83. The van der Waals surface area contributed by atoms with Crippen LogP contribution in [0, 0.1) is 0 Å². The summed E-state index contributed by atoms with van der Waals surface area (Å²) in [5.74, 6) is 0. The van der Waals surface area contributed by atoms with Crippen LogP contribution in [-0.2, 0) is 10.4 Å². The van der Waals surface area contributed by atoms with Crippen molar-refractivity contribution in [1.29, 1.82) is 0 Å². The molecule has 3 nitrogen and oxygen atoms in total. The van der Waals surface area contributed by atoms with E-state index in [1.165, 1.54) is 5.56 Å². The van der Waals surface area contributed by atoms with E-state index in [0.717, 1.165) is 11.3 Å². The molecule has 3 aromatic carbocycles. The summed E-state index contributed by atoms with van der Waals surface area (Å²) in [7, 11) is 0. The molecule has 0 unspecified atom stereocenters. The van der Waals surface area contributed by atoms with Crippen LogP contribution in [0.25, 0.3) is 0 Å². The van der Waals surface area contributed by atoms with Gasteiger partial charge in [0.25, 0.3) is 0 Å². The van der Waals surface area contributed by atoms with Crippen molar-refractivity contribution in [3.8, 4) is 0 Å². The Labute approximate surface area is 148 Å². The second-order valence-electron chi connectivity index (χ2n) is 6.40. The van der Waals surface area contributed by atoms with Crippen molar-refractivity contribution < 1.29 is 9.94 Å². The number of anilines is 1. The maximum Gasteiger partial charge on any atom is 0.146 e. The van der Waals surface area contributed by atoms with E-state index >= 15 is 0 Å². The van der Waals surface area contributed by atoms with Crippen molar-refractivity contribution in [2.24, 2.45) is 0 Å². The van der Waals surface area contributed by atoms with Crippen LogP contribution < -0.4 is 5.06 Å². The molecule has 1 saturated heterocycles. The molecule has 1 fully saturated rings. The highest BCUT2D eigenvalue weighted by atomic mass is 16.7. The molecule has 0 amide bonds. The summed E-state index contributed by atoms with van der Waals surface area (Å²) < 4.78 is 0. The number of hydroxylamine groups is 1. The van der Waals surface area contributed by atoms with Crippen LogP contribution in [0.1, 0.15) is 23.6 Å². The number of para-hydroxylation sites is 1. The maximum atomic E-state index is 10.2. The predicted molar refractivity (Wildman–Crippen MR) is 99.0 cm³/mol. The van der Waals surface area contributed by atoms with Crippen molar-refractivity contribution in [2.45, 2.75) is 18.1 Å². The van der Waals surface area contributed by atoms with Gasteiger partial charge in [0.2, 0.25) is 0 Å². The van der Waals surface area contributed by atoms with Gasteiger partial charge in [0, 0.05) is 6.42 Å². The van der Waals surface area contributed by atoms with Crippen molar-refractivity contribution in [3.63, 3.8) is 0 Å². The number of hydrogen-bond acceptors (Lipinski definition) is 3. The first kappa shape index (κ1) is 15.9. The van der Waals surface area contributed by atoms with Gasteiger partial charge in [-0.15, -0.1) is 0 Å². The van der Waals surface area contributed by atoms with Gasteiger partial charge in [0.1, 0.15) is 5.60 Å². The molecule has 0 saturated carbocycles. The van der Waals surface area contributed by atoms with Crippen LogP contribution >= 0.6 is 0 Å². The molecule has 1 heterocycles. The topological polar surface area (TPSA) is 32.7 Å². The molecule has 0 radical (unpaired) electrons. The SMILES string of the molecule is OC[C@@]1(c2ccccc2)C[C@@H](c2ccccc2)N(c2ccccc2)O1. The van der Waals surface area contributed by atoms with E-state index in [0.29, 0.717) is 6.42 Å². The van der Waals surface area contributed by atoms with Gasteiger partial charge >= 0.3 is 0 Å². The predicted octanol–water partition coefficient (Wildman–Crippen LogP) is 4.46. The van der Waals surface area contributed by atoms with Crippen LogP contribution in [0.5, 0.6) is 0 Å². The monoisotopic (exact) mass is 331 g/mol. The number of benzene rings is 3. The van der Waals surface area contributed by atoms with E-state index in [4.69, 9.17) is 4.84 Å². The summed E-state index contributed by atoms with van der Waals surface area (Å²) in [5, 5.41) is 12.2. The Morgan fingerprint density at radius 2 is 1.40 bits per heavy atom. The summed E-state index contributed by atoms with van der Waals surface area (Å²) >= 11 is 0. The molecule has 126 valence electrons. The molecule has 0 spiro atoms. The number of rotatable bonds is 4. The molecule has 3 aromatic rings. The molecular weight excluding hydrogens is 310 g/mol. The smallest absolute Gasteiger partial charge is 0.146 e. The van der Waals surface area contributed by atoms with Gasteiger partial charge < -0.3 is 5.11 Å². The summed E-state index contributed by atoms with van der Waals surface area (Å²) in [6.07, 6.45) is 0.687. The zero-order valence-electron chi connectivity index (χ0n) is 14.0. The second-order valence-corrected chi connectivity index (χ2v) is 6.40. The molecule has 4 rings (SSSR count). The highest BCUT2D eigenvalue weighted by molar-refractivity contribution is 5.48. The first-order chi connectivity index (χ1) is 12.3. The fraction of sp³-hybridized carbons (Fsp3) is 0.182. The van der Waals surface area contributed by atoms with E-state index in [2.05, 4.69) is 12.1 Å². The summed E-state index contributed by atoms with van der Waals surface area (Å²) in [4.78, 5) is 6.42. The third kappa shape index (κ3) is 2.93. The standard InChI is InChI=1S/C22H21NO2/c24-17-22(19-12-6-2-7-13-19)16-21(18-10-4-1-5-11-18)23(25-22)20-14-8-3-9-15-20/h1-15,21,24H,16-17H2/t21-,22+/m0/s1. The first-order valence-electron chi connectivity index (χ1n) is 8.57. The highest BCUT2D eigenvalue weighted by Crippen LogP contribution is 2.47. The van der Waals surface area contributed by atoms with E-state index in [9.17, 15) is 5.11 Å². The minimum Gasteiger partial charge on any atom is -0.393 e. The summed E-state index contributed by atoms with van der Waals surface area (Å²) in [5.41, 5.74) is 2.43. The average molecular weight is 331 g/mol. The molecule has 2 atom stereocenters. The molecule has 1 N–H and O–H groups in total. The lowest BCUT2D eigenvalue weighted by Gasteiger charge is -2.28. The zero-order valence-corrected chi connectivity index (χ0v) is 14.0. The van der Waals surface area contributed by atoms with E-state index in [-0.39, 0.29) is 12.6 Å². The molecule has 0 bridgehead atoms. The first-order valence-corrected chi connectivity index (χ1v) is 8.57. The Balaban J connectivity index is 1.78. The van der Waals surface area contributed by atoms with Crippen molar-refractivity contribution >= 4 is 5.69 Å². The summed E-state index contributed by atoms with van der Waals surface area (Å²) in [6, 6.07) is 30.4. The fourth-order valence-corrected chi connectivity index (χ4v) is 3.52. The van der Waals surface area contributed by atoms with Gasteiger partial charge in [-0.25, -0.2) is 5.06 Å². The fourth-order valence-electron chi connectivity index (χ4n) is 3.52. The number of nitrogens with zero attached hydrogens (tertiary/aromatic N) is 1. The van der Waals surface area contributed by atoms with Gasteiger partial charge in [0.05, 0.1) is 18.3 Å². The molecule has 1 aliphatic heterocycles. The van der Waals surface area contributed by atoms with Crippen LogP contribution in [0.15, 0.2) is 91.0 Å². The molecule has 25 heavy (non-hydrogen) atoms. The van der Waals surface area contributed by atoms with Crippen molar-refractivity contribution in [1.82, 2.24) is 0 Å². The quantitative estimate of drug-likeness (QED) is 0.766. The second kappa shape index (κ2) is 6.71. The van der Waals surface area contributed by atoms with E-state index in [1.54, 1.807) is 0 Å². The zero-order chi connectivity index (χ0) is 17.1. The lowest BCUT2D eigenvalue weighted by molar-refractivity contribution is -0.0563. The van der Waals surface area contributed by atoms with E-state index < -0.39 is 5.60 Å². The molecule has 3 heteroatoms. The lowest BCUT2D eigenvalue weighted by atomic mass is 9.87. The lowest BCUT2D eigenvalue weighted by Crippen LogP contribution is -2.32. The molecule has 0 aromatic heterocycles. The maximum absolute atomic E-state index is 10.2. The van der Waals surface area contributed by atoms with Gasteiger partial charge in [-0.1, -0.05) is 78.9 Å². The number of aliphatic hydroxyl groups is 1. The highest BCUT2D eigenvalue weighted by Gasteiger charge is 2.47. The van der Waals surface area contributed by atoms with Crippen LogP contribution in [0.3, 0.4) is 0 Å².